The first-order valence-corrected chi connectivity index (χ1v) is 9.46. The Balaban J connectivity index is 1.22. The Morgan fingerprint density at radius 3 is 2.76 bits per heavy atom. The number of likely N-dealkylation sites (tertiary alicyclic amines) is 1. The van der Waals surface area contributed by atoms with Crippen LogP contribution in [0.1, 0.15) is 33.6 Å². The molecule has 3 aromatic rings. The van der Waals surface area contributed by atoms with Crippen molar-refractivity contribution in [1.29, 1.82) is 0 Å². The van der Waals surface area contributed by atoms with Gasteiger partial charge in [-0.1, -0.05) is 35.5 Å². The molecule has 8 heteroatoms. The van der Waals surface area contributed by atoms with Crippen LogP contribution in [-0.2, 0) is 17.8 Å². The molecule has 1 fully saturated rings. The Labute approximate surface area is 168 Å². The summed E-state index contributed by atoms with van der Waals surface area (Å²) in [5.41, 5.74) is 1.67. The molecule has 0 bridgehead atoms. The topological polar surface area (TPSA) is 90.6 Å². The van der Waals surface area contributed by atoms with Crippen LogP contribution in [0.2, 0.25) is 0 Å². The van der Waals surface area contributed by atoms with Crippen LogP contribution in [0.15, 0.2) is 53.2 Å². The van der Waals surface area contributed by atoms with Crippen molar-refractivity contribution in [2.24, 2.45) is 0 Å². The Morgan fingerprint density at radius 1 is 1.21 bits per heavy atom. The lowest BCUT2D eigenvalue weighted by molar-refractivity contribution is 0.0568. The standard InChI is InChI=1S/C21H22N4O4/c1-27-19-8-7-16(11-22-19)21(26)25-12-17(13-25)20-23-18(24-29-20)9-10-28-14-15-5-3-2-4-6-15/h2-8,11,17H,9-10,12-14H2,1H3. The van der Waals surface area contributed by atoms with E-state index in [-0.39, 0.29) is 11.8 Å². The molecule has 1 amide bonds. The van der Waals surface area contributed by atoms with Crippen molar-refractivity contribution >= 4 is 5.91 Å². The maximum absolute atomic E-state index is 12.5. The number of pyridine rings is 1. The number of carbonyl (C=O) groups excluding carboxylic acids is 1. The molecule has 1 aliphatic heterocycles. The molecule has 8 nitrogen and oxygen atoms in total. The summed E-state index contributed by atoms with van der Waals surface area (Å²) in [4.78, 5) is 22.7. The van der Waals surface area contributed by atoms with Gasteiger partial charge in [0.15, 0.2) is 5.82 Å². The van der Waals surface area contributed by atoms with E-state index in [2.05, 4.69) is 15.1 Å². The maximum atomic E-state index is 12.5. The van der Waals surface area contributed by atoms with Gasteiger partial charge >= 0.3 is 0 Å². The highest BCUT2D eigenvalue weighted by Gasteiger charge is 2.36. The second-order valence-electron chi connectivity index (χ2n) is 6.83. The number of ether oxygens (including phenoxy) is 2. The van der Waals surface area contributed by atoms with Crippen LogP contribution < -0.4 is 4.74 Å². The summed E-state index contributed by atoms with van der Waals surface area (Å²) in [6.07, 6.45) is 2.11. The van der Waals surface area contributed by atoms with Gasteiger partial charge in [0.1, 0.15) is 0 Å². The fourth-order valence-corrected chi connectivity index (χ4v) is 3.07. The van der Waals surface area contributed by atoms with Gasteiger partial charge in [-0.3, -0.25) is 4.79 Å². The molecule has 1 aromatic carbocycles. The van der Waals surface area contributed by atoms with Crippen LogP contribution in [0.4, 0.5) is 0 Å². The summed E-state index contributed by atoms with van der Waals surface area (Å²) >= 11 is 0. The highest BCUT2D eigenvalue weighted by Crippen LogP contribution is 2.27. The lowest BCUT2D eigenvalue weighted by Gasteiger charge is -2.37. The summed E-state index contributed by atoms with van der Waals surface area (Å²) in [6.45, 7) is 2.19. The number of aromatic nitrogens is 3. The van der Waals surface area contributed by atoms with Crippen LogP contribution in [-0.4, -0.2) is 52.7 Å². The largest absolute Gasteiger partial charge is 0.481 e. The van der Waals surface area contributed by atoms with Crippen molar-refractivity contribution in [2.75, 3.05) is 26.8 Å². The minimum Gasteiger partial charge on any atom is -0.481 e. The molecule has 4 rings (SSSR count). The molecule has 0 unspecified atom stereocenters. The average molecular weight is 394 g/mol. The second-order valence-corrected chi connectivity index (χ2v) is 6.83. The summed E-state index contributed by atoms with van der Waals surface area (Å²) in [5, 5.41) is 4.02. The van der Waals surface area contributed by atoms with Gasteiger partial charge in [0.25, 0.3) is 5.91 Å². The minimum atomic E-state index is -0.0644. The predicted molar refractivity (Wildman–Crippen MR) is 104 cm³/mol. The van der Waals surface area contributed by atoms with E-state index in [0.717, 1.165) is 5.56 Å². The second kappa shape index (κ2) is 8.83. The lowest BCUT2D eigenvalue weighted by Crippen LogP contribution is -2.48. The van der Waals surface area contributed by atoms with E-state index in [9.17, 15) is 4.79 Å². The SMILES string of the molecule is COc1ccc(C(=O)N2CC(c3nc(CCOCc4ccccc4)no3)C2)cn1. The number of hydrogen-bond acceptors (Lipinski definition) is 7. The molecule has 1 aliphatic rings. The molecule has 0 aliphatic carbocycles. The maximum Gasteiger partial charge on any atom is 0.255 e. The first-order valence-electron chi connectivity index (χ1n) is 9.46. The number of amides is 1. The first-order chi connectivity index (χ1) is 14.2. The lowest BCUT2D eigenvalue weighted by atomic mass is 9.99. The number of methoxy groups -OCH3 is 1. The summed E-state index contributed by atoms with van der Waals surface area (Å²) in [6, 6.07) is 13.4. The molecule has 0 radical (unpaired) electrons. The molecular weight excluding hydrogens is 372 g/mol. The van der Waals surface area contributed by atoms with E-state index in [1.165, 1.54) is 13.3 Å². The van der Waals surface area contributed by atoms with E-state index >= 15 is 0 Å². The molecule has 1 saturated heterocycles. The molecule has 2 aromatic heterocycles. The van der Waals surface area contributed by atoms with Gasteiger partial charge in [0.05, 0.1) is 31.8 Å². The van der Waals surface area contributed by atoms with Crippen molar-refractivity contribution in [3.8, 4) is 5.88 Å². The smallest absolute Gasteiger partial charge is 0.255 e. The van der Waals surface area contributed by atoms with Gasteiger partial charge in [-0.25, -0.2) is 4.98 Å². The van der Waals surface area contributed by atoms with E-state index in [4.69, 9.17) is 14.0 Å². The first kappa shape index (κ1) is 19.1. The van der Waals surface area contributed by atoms with Crippen molar-refractivity contribution in [3.63, 3.8) is 0 Å². The zero-order valence-corrected chi connectivity index (χ0v) is 16.2. The Hall–Kier alpha value is -3.26. The third-order valence-electron chi connectivity index (χ3n) is 4.78. The quantitative estimate of drug-likeness (QED) is 0.542. The highest BCUT2D eigenvalue weighted by atomic mass is 16.5. The predicted octanol–water partition coefficient (Wildman–Crippen LogP) is 2.47. The van der Waals surface area contributed by atoms with Crippen molar-refractivity contribution in [3.05, 3.63) is 71.5 Å². The summed E-state index contributed by atoms with van der Waals surface area (Å²) in [5.74, 6) is 1.67. The molecule has 3 heterocycles. The third-order valence-corrected chi connectivity index (χ3v) is 4.78. The van der Waals surface area contributed by atoms with E-state index < -0.39 is 0 Å². The van der Waals surface area contributed by atoms with Gasteiger partial charge < -0.3 is 18.9 Å². The zero-order valence-electron chi connectivity index (χ0n) is 16.2. The third kappa shape index (κ3) is 4.60. The Morgan fingerprint density at radius 2 is 2.03 bits per heavy atom. The number of carbonyl (C=O) groups is 1. The normalized spacial score (nSPS) is 13.9. The van der Waals surface area contributed by atoms with Gasteiger partial charge in [-0.2, -0.15) is 4.98 Å². The molecule has 0 saturated carbocycles. The van der Waals surface area contributed by atoms with E-state index in [0.29, 0.717) is 55.9 Å². The monoisotopic (exact) mass is 394 g/mol. The molecule has 150 valence electrons. The number of nitrogens with zero attached hydrogens (tertiary/aromatic N) is 4. The Kier molecular flexibility index (Phi) is 5.81. The van der Waals surface area contributed by atoms with Crippen molar-refractivity contribution < 1.29 is 18.8 Å². The molecular formula is C21H22N4O4. The highest BCUT2D eigenvalue weighted by molar-refractivity contribution is 5.94. The van der Waals surface area contributed by atoms with Crippen molar-refractivity contribution in [2.45, 2.75) is 18.9 Å². The fourth-order valence-electron chi connectivity index (χ4n) is 3.07. The Bertz CT molecular complexity index is 937. The number of rotatable bonds is 8. The summed E-state index contributed by atoms with van der Waals surface area (Å²) in [7, 11) is 1.54. The molecule has 29 heavy (non-hydrogen) atoms. The van der Waals surface area contributed by atoms with Crippen LogP contribution >= 0.6 is 0 Å². The van der Waals surface area contributed by atoms with Gasteiger partial charge in [0, 0.05) is 31.8 Å². The minimum absolute atomic E-state index is 0.0644. The van der Waals surface area contributed by atoms with Gasteiger partial charge in [0.2, 0.25) is 11.8 Å². The van der Waals surface area contributed by atoms with Crippen LogP contribution in [0.5, 0.6) is 5.88 Å². The summed E-state index contributed by atoms with van der Waals surface area (Å²) < 4.78 is 16.0. The molecule has 0 spiro atoms. The fraction of sp³-hybridized carbons (Fsp3) is 0.333. The molecule has 0 atom stereocenters. The zero-order chi connectivity index (χ0) is 20.1. The van der Waals surface area contributed by atoms with Gasteiger partial charge in [-0.15, -0.1) is 0 Å². The van der Waals surface area contributed by atoms with Crippen LogP contribution in [0.25, 0.3) is 0 Å². The van der Waals surface area contributed by atoms with Crippen LogP contribution in [0, 0.1) is 0 Å². The van der Waals surface area contributed by atoms with E-state index in [1.54, 1.807) is 17.0 Å². The molecule has 0 N–H and O–H groups in total. The van der Waals surface area contributed by atoms with Crippen molar-refractivity contribution in [1.82, 2.24) is 20.0 Å². The number of hydrogen-bond donors (Lipinski definition) is 0. The van der Waals surface area contributed by atoms with E-state index in [1.807, 2.05) is 30.3 Å². The van der Waals surface area contributed by atoms with Gasteiger partial charge in [-0.05, 0) is 11.6 Å². The average Bonchev–Trinajstić information content (AvgIpc) is 3.19. The van der Waals surface area contributed by atoms with Crippen LogP contribution in [0.3, 0.4) is 0 Å². The number of benzene rings is 1.